The lowest BCUT2D eigenvalue weighted by molar-refractivity contribution is -0.141. The van der Waals surface area contributed by atoms with E-state index < -0.39 is 16.1 Å². The number of hydrogen-bond donors (Lipinski definition) is 1. The van der Waals surface area contributed by atoms with E-state index in [0.717, 1.165) is 43.1 Å². The molecule has 0 unspecified atom stereocenters. The third kappa shape index (κ3) is 8.02. The molecule has 1 saturated carbocycles. The van der Waals surface area contributed by atoms with Crippen molar-refractivity contribution < 1.29 is 22.4 Å². The van der Waals surface area contributed by atoms with Gasteiger partial charge in [-0.2, -0.15) is 0 Å². The molecule has 0 saturated heterocycles. The maximum absolute atomic E-state index is 13.5. The number of nitrogens with zero attached hydrogens (tertiary/aromatic N) is 2. The molecule has 9 heteroatoms. The Labute approximate surface area is 220 Å². The van der Waals surface area contributed by atoms with Crippen LogP contribution in [0.4, 0.5) is 10.1 Å². The SMILES string of the molecule is CC[C@@H](C(=O)NC1CCCC1)N(Cc1ccc(F)cc1)C(=O)CCCN(c1ccccc1C)S(C)(=O)=O. The Hall–Kier alpha value is -2.94. The number of carbonyl (C=O) groups excluding carboxylic acids is 2. The van der Waals surface area contributed by atoms with Crippen LogP contribution in [0.1, 0.15) is 63.0 Å². The molecule has 0 radical (unpaired) electrons. The van der Waals surface area contributed by atoms with Crippen molar-refractivity contribution in [3.05, 3.63) is 65.5 Å². The van der Waals surface area contributed by atoms with Crippen molar-refractivity contribution in [3.63, 3.8) is 0 Å². The number of nitrogens with one attached hydrogen (secondary N) is 1. The minimum absolute atomic E-state index is 0.0757. The minimum Gasteiger partial charge on any atom is -0.352 e. The van der Waals surface area contributed by atoms with Crippen LogP contribution in [0.2, 0.25) is 0 Å². The summed E-state index contributed by atoms with van der Waals surface area (Å²) < 4.78 is 39.8. The molecule has 202 valence electrons. The van der Waals surface area contributed by atoms with Crippen LogP contribution in [0.3, 0.4) is 0 Å². The molecule has 3 rings (SSSR count). The Bertz CT molecular complexity index is 1160. The summed E-state index contributed by atoms with van der Waals surface area (Å²) in [5.41, 5.74) is 2.13. The fourth-order valence-corrected chi connectivity index (χ4v) is 5.92. The number of anilines is 1. The molecule has 0 spiro atoms. The minimum atomic E-state index is -3.55. The molecule has 1 aliphatic rings. The largest absolute Gasteiger partial charge is 0.352 e. The fourth-order valence-electron chi connectivity index (χ4n) is 4.90. The molecular formula is C28H38FN3O4S. The predicted octanol–water partition coefficient (Wildman–Crippen LogP) is 4.55. The molecule has 1 aliphatic carbocycles. The number of sulfonamides is 1. The quantitative estimate of drug-likeness (QED) is 0.436. The molecule has 2 aromatic carbocycles. The maximum Gasteiger partial charge on any atom is 0.243 e. The second-order valence-corrected chi connectivity index (χ2v) is 11.7. The summed E-state index contributed by atoms with van der Waals surface area (Å²) in [5, 5.41) is 3.10. The first-order valence-corrected chi connectivity index (χ1v) is 14.8. The summed E-state index contributed by atoms with van der Waals surface area (Å²) in [6.45, 7) is 4.03. The number of benzene rings is 2. The van der Waals surface area contributed by atoms with E-state index in [4.69, 9.17) is 0 Å². The van der Waals surface area contributed by atoms with Gasteiger partial charge in [-0.15, -0.1) is 0 Å². The van der Waals surface area contributed by atoms with Crippen LogP contribution in [-0.4, -0.2) is 50.0 Å². The summed E-state index contributed by atoms with van der Waals surface area (Å²) in [7, 11) is -3.55. The van der Waals surface area contributed by atoms with E-state index in [1.807, 2.05) is 26.0 Å². The van der Waals surface area contributed by atoms with Crippen molar-refractivity contribution in [2.75, 3.05) is 17.1 Å². The van der Waals surface area contributed by atoms with Gasteiger partial charge in [0.2, 0.25) is 21.8 Å². The van der Waals surface area contributed by atoms with Crippen LogP contribution in [0.15, 0.2) is 48.5 Å². The lowest BCUT2D eigenvalue weighted by Gasteiger charge is -2.32. The van der Waals surface area contributed by atoms with Crippen molar-refractivity contribution in [1.29, 1.82) is 0 Å². The summed E-state index contributed by atoms with van der Waals surface area (Å²) in [4.78, 5) is 28.3. The Balaban J connectivity index is 1.76. The molecule has 7 nitrogen and oxygen atoms in total. The van der Waals surface area contributed by atoms with Gasteiger partial charge in [-0.1, -0.05) is 50.1 Å². The van der Waals surface area contributed by atoms with Crippen molar-refractivity contribution in [1.82, 2.24) is 10.2 Å². The van der Waals surface area contributed by atoms with Gasteiger partial charge >= 0.3 is 0 Å². The number of para-hydroxylation sites is 1. The monoisotopic (exact) mass is 531 g/mol. The first-order chi connectivity index (χ1) is 17.6. The Kier molecular flexibility index (Phi) is 10.1. The third-order valence-corrected chi connectivity index (χ3v) is 8.07. The average Bonchev–Trinajstić information content (AvgIpc) is 3.36. The molecule has 1 atom stereocenters. The third-order valence-electron chi connectivity index (χ3n) is 6.89. The number of amides is 2. The smallest absolute Gasteiger partial charge is 0.243 e. The van der Waals surface area contributed by atoms with E-state index in [-0.39, 0.29) is 43.2 Å². The predicted molar refractivity (Wildman–Crippen MR) is 144 cm³/mol. The Morgan fingerprint density at radius 1 is 1.08 bits per heavy atom. The van der Waals surface area contributed by atoms with E-state index >= 15 is 0 Å². The summed E-state index contributed by atoms with van der Waals surface area (Å²) in [5.74, 6) is -0.789. The molecule has 0 aliphatic heterocycles. The highest BCUT2D eigenvalue weighted by atomic mass is 32.2. The van der Waals surface area contributed by atoms with E-state index in [1.165, 1.54) is 16.4 Å². The number of carbonyl (C=O) groups is 2. The molecule has 1 fully saturated rings. The van der Waals surface area contributed by atoms with Gasteiger partial charge in [-0.3, -0.25) is 13.9 Å². The van der Waals surface area contributed by atoms with Gasteiger partial charge in [0, 0.05) is 25.6 Å². The second kappa shape index (κ2) is 13.0. The zero-order valence-corrected chi connectivity index (χ0v) is 22.8. The van der Waals surface area contributed by atoms with Gasteiger partial charge in [0.05, 0.1) is 11.9 Å². The number of halogens is 1. The van der Waals surface area contributed by atoms with Crippen LogP contribution < -0.4 is 9.62 Å². The highest BCUT2D eigenvalue weighted by Gasteiger charge is 2.30. The molecular weight excluding hydrogens is 493 g/mol. The topological polar surface area (TPSA) is 86.8 Å². The summed E-state index contributed by atoms with van der Waals surface area (Å²) in [6, 6.07) is 12.6. The van der Waals surface area contributed by atoms with Gasteiger partial charge in [-0.05, 0) is 61.9 Å². The lowest BCUT2D eigenvalue weighted by atomic mass is 10.1. The van der Waals surface area contributed by atoms with Crippen LogP contribution in [0.5, 0.6) is 0 Å². The zero-order valence-electron chi connectivity index (χ0n) is 22.0. The lowest BCUT2D eigenvalue weighted by Crippen LogP contribution is -2.51. The molecule has 0 aromatic heterocycles. The first kappa shape index (κ1) is 28.6. The number of rotatable bonds is 12. The van der Waals surface area contributed by atoms with Crippen molar-refractivity contribution >= 4 is 27.5 Å². The Morgan fingerprint density at radius 2 is 1.73 bits per heavy atom. The maximum atomic E-state index is 13.5. The van der Waals surface area contributed by atoms with E-state index in [1.54, 1.807) is 29.2 Å². The summed E-state index contributed by atoms with van der Waals surface area (Å²) >= 11 is 0. The molecule has 37 heavy (non-hydrogen) atoms. The van der Waals surface area contributed by atoms with Gasteiger partial charge < -0.3 is 10.2 Å². The Morgan fingerprint density at radius 3 is 2.32 bits per heavy atom. The van der Waals surface area contributed by atoms with Crippen LogP contribution in [-0.2, 0) is 26.2 Å². The van der Waals surface area contributed by atoms with E-state index in [9.17, 15) is 22.4 Å². The van der Waals surface area contributed by atoms with Gasteiger partial charge in [0.1, 0.15) is 11.9 Å². The molecule has 1 N–H and O–H groups in total. The molecule has 0 heterocycles. The van der Waals surface area contributed by atoms with Crippen molar-refractivity contribution in [3.8, 4) is 0 Å². The standard InChI is InChI=1S/C28H38FN3O4S/c1-4-25(28(34)30-24-11-6-7-12-24)31(20-22-15-17-23(29)18-16-22)27(33)14-9-19-32(37(3,35)36)26-13-8-5-10-21(26)2/h5,8,10,13,15-18,24-25H,4,6-7,9,11-12,14,19-20H2,1-3H3,(H,30,34)/t25-/m0/s1. The van der Waals surface area contributed by atoms with E-state index in [0.29, 0.717) is 18.5 Å². The van der Waals surface area contributed by atoms with Gasteiger partial charge in [0.15, 0.2) is 0 Å². The highest BCUT2D eigenvalue weighted by molar-refractivity contribution is 7.92. The van der Waals surface area contributed by atoms with Gasteiger partial charge in [0.25, 0.3) is 0 Å². The van der Waals surface area contributed by atoms with E-state index in [2.05, 4.69) is 5.32 Å². The number of aryl methyl sites for hydroxylation is 1. The fraction of sp³-hybridized carbons (Fsp3) is 0.500. The second-order valence-electron chi connectivity index (χ2n) is 9.79. The highest BCUT2D eigenvalue weighted by Crippen LogP contribution is 2.23. The van der Waals surface area contributed by atoms with Crippen molar-refractivity contribution in [2.24, 2.45) is 0 Å². The molecule has 0 bridgehead atoms. The first-order valence-electron chi connectivity index (χ1n) is 13.0. The zero-order chi connectivity index (χ0) is 27.0. The van der Waals surface area contributed by atoms with Gasteiger partial charge in [-0.25, -0.2) is 12.8 Å². The molecule has 2 amide bonds. The average molecular weight is 532 g/mol. The normalized spacial score (nSPS) is 14.8. The summed E-state index contributed by atoms with van der Waals surface area (Å²) in [6.07, 6.45) is 6.00. The molecule has 2 aromatic rings. The number of hydrogen-bond acceptors (Lipinski definition) is 4. The van der Waals surface area contributed by atoms with Crippen LogP contribution >= 0.6 is 0 Å². The van der Waals surface area contributed by atoms with Crippen LogP contribution in [0, 0.1) is 12.7 Å². The van der Waals surface area contributed by atoms with Crippen molar-refractivity contribution in [2.45, 2.75) is 77.4 Å². The van der Waals surface area contributed by atoms with Crippen LogP contribution in [0.25, 0.3) is 0 Å².